The van der Waals surface area contributed by atoms with E-state index >= 15 is 0 Å². The van der Waals surface area contributed by atoms with Crippen molar-refractivity contribution in [1.82, 2.24) is 3.11 Å². The Bertz CT molecular complexity index is 37.1. The molecular weight excluding hydrogens is 201 g/mol. The van der Waals surface area contributed by atoms with Crippen LogP contribution >= 0.6 is 22.9 Å². The van der Waals surface area contributed by atoms with E-state index in [9.17, 15) is 0 Å². The Morgan fingerprint density at radius 2 is 2.14 bits per heavy atom. The topological polar surface area (TPSA) is 3.24 Å². The van der Waals surface area contributed by atoms with E-state index in [0.717, 1.165) is 0 Å². The molecular formula is C5H12IN. The standard InChI is InChI=1S/C5H12IN/c1-3-4-5-7(2)6/h3-5H2,1-2H3. The first-order valence-electron chi connectivity index (χ1n) is 2.64. The zero-order chi connectivity index (χ0) is 5.70. The van der Waals surface area contributed by atoms with E-state index in [1.165, 1.54) is 19.4 Å². The number of nitrogens with zero attached hydrogens (tertiary/aromatic N) is 1. The van der Waals surface area contributed by atoms with E-state index in [1.807, 2.05) is 0 Å². The number of rotatable bonds is 3. The van der Waals surface area contributed by atoms with E-state index in [2.05, 4.69) is 39.9 Å². The van der Waals surface area contributed by atoms with Gasteiger partial charge in [0.2, 0.25) is 0 Å². The van der Waals surface area contributed by atoms with Gasteiger partial charge in [-0.3, -0.25) is 3.11 Å². The minimum atomic E-state index is 1.22. The van der Waals surface area contributed by atoms with Crippen molar-refractivity contribution in [1.29, 1.82) is 0 Å². The molecule has 0 unspecified atom stereocenters. The van der Waals surface area contributed by atoms with Crippen LogP contribution in [0, 0.1) is 0 Å². The Morgan fingerprint density at radius 3 is 2.29 bits per heavy atom. The van der Waals surface area contributed by atoms with Gasteiger partial charge in [0.1, 0.15) is 0 Å². The van der Waals surface area contributed by atoms with Crippen LogP contribution in [0.4, 0.5) is 0 Å². The molecule has 1 nitrogen and oxygen atoms in total. The Hall–Kier alpha value is 0.690. The summed E-state index contributed by atoms with van der Waals surface area (Å²) in [5, 5.41) is 0. The van der Waals surface area contributed by atoms with Crippen LogP contribution in [0.25, 0.3) is 0 Å². The van der Waals surface area contributed by atoms with Gasteiger partial charge in [-0.2, -0.15) is 0 Å². The summed E-state index contributed by atoms with van der Waals surface area (Å²) in [6.07, 6.45) is 2.62. The van der Waals surface area contributed by atoms with Crippen LogP contribution in [0.2, 0.25) is 0 Å². The molecule has 0 aromatic rings. The van der Waals surface area contributed by atoms with Crippen LogP contribution in [0.1, 0.15) is 19.8 Å². The molecule has 0 saturated heterocycles. The first kappa shape index (κ1) is 7.69. The van der Waals surface area contributed by atoms with Gasteiger partial charge in [-0.05, 0) is 13.5 Å². The maximum Gasteiger partial charge on any atom is 0.0198 e. The summed E-state index contributed by atoms with van der Waals surface area (Å²) in [4.78, 5) is 0. The van der Waals surface area contributed by atoms with Gasteiger partial charge >= 0.3 is 0 Å². The lowest BCUT2D eigenvalue weighted by Gasteiger charge is -2.02. The molecule has 0 aromatic carbocycles. The fourth-order valence-corrected chi connectivity index (χ4v) is 0.717. The number of hydrogen-bond acceptors (Lipinski definition) is 1. The minimum Gasteiger partial charge on any atom is -0.251 e. The molecule has 0 rings (SSSR count). The van der Waals surface area contributed by atoms with Crippen molar-refractivity contribution in [2.24, 2.45) is 0 Å². The summed E-state index contributed by atoms with van der Waals surface area (Å²) in [5.74, 6) is 0. The Morgan fingerprint density at radius 1 is 1.57 bits per heavy atom. The molecule has 7 heavy (non-hydrogen) atoms. The van der Waals surface area contributed by atoms with Crippen molar-refractivity contribution in [3.8, 4) is 0 Å². The van der Waals surface area contributed by atoms with E-state index in [-0.39, 0.29) is 0 Å². The van der Waals surface area contributed by atoms with E-state index in [1.54, 1.807) is 0 Å². The van der Waals surface area contributed by atoms with Crippen LogP contribution in [-0.2, 0) is 0 Å². The lowest BCUT2D eigenvalue weighted by Crippen LogP contribution is -2.03. The average molecular weight is 213 g/mol. The summed E-state index contributed by atoms with van der Waals surface area (Å²) in [7, 11) is 2.09. The lowest BCUT2D eigenvalue weighted by molar-refractivity contribution is 0.573. The third-order valence-corrected chi connectivity index (χ3v) is 1.30. The second kappa shape index (κ2) is 4.84. The van der Waals surface area contributed by atoms with Crippen LogP contribution in [0.5, 0.6) is 0 Å². The van der Waals surface area contributed by atoms with E-state index < -0.39 is 0 Å². The average Bonchev–Trinajstić information content (AvgIpc) is 1.61. The maximum absolute atomic E-state index is 2.30. The third kappa shape index (κ3) is 6.69. The highest BCUT2D eigenvalue weighted by Gasteiger charge is 1.85. The fraction of sp³-hybridized carbons (Fsp3) is 1.00. The molecule has 0 atom stereocenters. The molecule has 2 heteroatoms. The number of halogens is 1. The Kier molecular flexibility index (Phi) is 5.32. The molecule has 0 fully saturated rings. The zero-order valence-corrected chi connectivity index (χ0v) is 7.10. The van der Waals surface area contributed by atoms with Gasteiger partial charge in [-0.25, -0.2) is 0 Å². The molecule has 0 N–H and O–H groups in total. The molecule has 0 aromatic heterocycles. The van der Waals surface area contributed by atoms with Gasteiger partial charge in [0.25, 0.3) is 0 Å². The monoisotopic (exact) mass is 213 g/mol. The van der Waals surface area contributed by atoms with Crippen molar-refractivity contribution in [3.63, 3.8) is 0 Å². The minimum absolute atomic E-state index is 1.22. The highest BCUT2D eigenvalue weighted by atomic mass is 127. The molecule has 0 aliphatic carbocycles. The second-order valence-corrected chi connectivity index (χ2v) is 3.33. The van der Waals surface area contributed by atoms with Gasteiger partial charge < -0.3 is 0 Å². The van der Waals surface area contributed by atoms with Crippen molar-refractivity contribution in [2.75, 3.05) is 13.6 Å². The predicted octanol–water partition coefficient (Wildman–Crippen LogP) is 2.07. The van der Waals surface area contributed by atoms with Crippen LogP contribution in [0.3, 0.4) is 0 Å². The van der Waals surface area contributed by atoms with Crippen molar-refractivity contribution >= 4 is 22.9 Å². The first-order valence-corrected chi connectivity index (χ1v) is 3.60. The molecule has 0 aliphatic rings. The highest BCUT2D eigenvalue weighted by molar-refractivity contribution is 14.1. The van der Waals surface area contributed by atoms with Gasteiger partial charge in [0.15, 0.2) is 0 Å². The maximum atomic E-state index is 2.30. The fourth-order valence-electron chi connectivity index (χ4n) is 0.376. The summed E-state index contributed by atoms with van der Waals surface area (Å²) < 4.78 is 2.18. The Balaban J connectivity index is 2.68. The predicted molar refractivity (Wildman–Crippen MR) is 41.6 cm³/mol. The van der Waals surface area contributed by atoms with E-state index in [4.69, 9.17) is 0 Å². The molecule has 0 radical (unpaired) electrons. The third-order valence-electron chi connectivity index (χ3n) is 0.820. The number of unbranched alkanes of at least 4 members (excludes halogenated alkanes) is 1. The summed E-state index contributed by atoms with van der Waals surface area (Å²) in [6.45, 7) is 3.43. The first-order chi connectivity index (χ1) is 3.27. The van der Waals surface area contributed by atoms with Crippen LogP contribution in [0.15, 0.2) is 0 Å². The normalized spacial score (nSPS) is 10.3. The van der Waals surface area contributed by atoms with Crippen LogP contribution in [-0.4, -0.2) is 16.7 Å². The molecule has 0 amide bonds. The van der Waals surface area contributed by atoms with Crippen LogP contribution < -0.4 is 0 Å². The van der Waals surface area contributed by atoms with Gasteiger partial charge in [0.05, 0.1) is 0 Å². The molecule has 0 spiro atoms. The van der Waals surface area contributed by atoms with Gasteiger partial charge in [-0.1, -0.05) is 13.3 Å². The summed E-state index contributed by atoms with van der Waals surface area (Å²) in [5.41, 5.74) is 0. The molecule has 0 heterocycles. The summed E-state index contributed by atoms with van der Waals surface area (Å²) in [6, 6.07) is 0. The quantitative estimate of drug-likeness (QED) is 0.512. The second-order valence-electron chi connectivity index (χ2n) is 1.68. The largest absolute Gasteiger partial charge is 0.251 e. The van der Waals surface area contributed by atoms with E-state index in [0.29, 0.717) is 0 Å². The summed E-state index contributed by atoms with van der Waals surface area (Å²) >= 11 is 2.30. The smallest absolute Gasteiger partial charge is 0.0198 e. The lowest BCUT2D eigenvalue weighted by atomic mass is 10.3. The molecule has 0 aliphatic heterocycles. The zero-order valence-electron chi connectivity index (χ0n) is 4.95. The van der Waals surface area contributed by atoms with Crippen molar-refractivity contribution in [3.05, 3.63) is 0 Å². The van der Waals surface area contributed by atoms with Crippen molar-refractivity contribution in [2.45, 2.75) is 19.8 Å². The van der Waals surface area contributed by atoms with Crippen molar-refractivity contribution < 1.29 is 0 Å². The molecule has 0 bridgehead atoms. The molecule has 44 valence electrons. The molecule has 0 saturated carbocycles. The Labute approximate surface area is 59.6 Å². The highest BCUT2D eigenvalue weighted by Crippen LogP contribution is 1.95. The van der Waals surface area contributed by atoms with Gasteiger partial charge in [0, 0.05) is 29.4 Å². The number of hydrogen-bond donors (Lipinski definition) is 0. The SMILES string of the molecule is CCCCN(C)I. The van der Waals surface area contributed by atoms with Gasteiger partial charge in [-0.15, -0.1) is 0 Å².